The first-order valence-corrected chi connectivity index (χ1v) is 9.14. The van der Waals surface area contributed by atoms with E-state index in [9.17, 15) is 0 Å². The third-order valence-electron chi connectivity index (χ3n) is 5.78. The van der Waals surface area contributed by atoms with E-state index >= 15 is 0 Å². The lowest BCUT2D eigenvalue weighted by Gasteiger charge is -2.30. The minimum absolute atomic E-state index is 0.489. The second kappa shape index (κ2) is 7.45. The van der Waals surface area contributed by atoms with Crippen LogP contribution in [-0.2, 0) is 0 Å². The average molecular weight is 285 g/mol. The number of hydrogen-bond donors (Lipinski definition) is 1. The van der Waals surface area contributed by atoms with Crippen molar-refractivity contribution in [2.24, 2.45) is 11.8 Å². The molecule has 1 nitrogen and oxygen atoms in total. The highest BCUT2D eigenvalue weighted by molar-refractivity contribution is 5.18. The number of nitrogens with one attached hydrogen (secondary N) is 1. The van der Waals surface area contributed by atoms with E-state index in [0.717, 1.165) is 17.9 Å². The molecule has 2 fully saturated rings. The van der Waals surface area contributed by atoms with Crippen molar-refractivity contribution in [3.8, 4) is 0 Å². The van der Waals surface area contributed by atoms with Crippen molar-refractivity contribution in [1.29, 1.82) is 0 Å². The Balaban J connectivity index is 1.54. The molecule has 2 aliphatic rings. The maximum absolute atomic E-state index is 3.93. The molecule has 2 aliphatic carbocycles. The average Bonchev–Trinajstić information content (AvgIpc) is 2.96. The molecule has 2 saturated carbocycles. The van der Waals surface area contributed by atoms with Gasteiger partial charge in [0.15, 0.2) is 0 Å². The zero-order chi connectivity index (χ0) is 14.5. The fraction of sp³-hybridized carbons (Fsp3) is 0.700. The Morgan fingerprint density at radius 1 is 0.952 bits per heavy atom. The predicted molar refractivity (Wildman–Crippen MR) is 90.3 cm³/mol. The van der Waals surface area contributed by atoms with Crippen molar-refractivity contribution in [1.82, 2.24) is 5.32 Å². The summed E-state index contributed by atoms with van der Waals surface area (Å²) in [5.74, 6) is 1.96. The molecular formula is C20H31N. The molecule has 116 valence electrons. The van der Waals surface area contributed by atoms with E-state index in [1.165, 1.54) is 63.4 Å². The van der Waals surface area contributed by atoms with Gasteiger partial charge in [-0.1, -0.05) is 68.9 Å². The summed E-state index contributed by atoms with van der Waals surface area (Å²) in [6.45, 7) is 2.32. The van der Waals surface area contributed by atoms with Crippen LogP contribution in [0.15, 0.2) is 30.3 Å². The molecule has 0 spiro atoms. The van der Waals surface area contributed by atoms with Gasteiger partial charge in [0.25, 0.3) is 0 Å². The lowest BCUT2D eigenvalue weighted by atomic mass is 9.81. The summed E-state index contributed by atoms with van der Waals surface area (Å²) in [7, 11) is 0. The SMILES string of the molecule is CC(N[C@H]1CCC[C@H]1CC1CCCCC1)c1ccccc1. The van der Waals surface area contributed by atoms with Crippen molar-refractivity contribution in [3.05, 3.63) is 35.9 Å². The Bertz CT molecular complexity index is 407. The molecule has 1 heteroatoms. The van der Waals surface area contributed by atoms with E-state index in [1.54, 1.807) is 0 Å². The van der Waals surface area contributed by atoms with Crippen LogP contribution in [-0.4, -0.2) is 6.04 Å². The highest BCUT2D eigenvalue weighted by atomic mass is 15.0. The monoisotopic (exact) mass is 285 g/mol. The molecule has 0 saturated heterocycles. The van der Waals surface area contributed by atoms with Crippen molar-refractivity contribution < 1.29 is 0 Å². The standard InChI is InChI=1S/C20H31N/c1-16(18-11-6-3-7-12-18)21-20-14-8-13-19(20)15-17-9-4-2-5-10-17/h3,6-7,11-12,16-17,19-21H,2,4-5,8-10,13-15H2,1H3/t16?,19-,20-/m0/s1. The summed E-state index contributed by atoms with van der Waals surface area (Å²) in [5.41, 5.74) is 1.43. The first-order chi connectivity index (χ1) is 10.3. The Hall–Kier alpha value is -0.820. The number of rotatable bonds is 5. The maximum atomic E-state index is 3.93. The van der Waals surface area contributed by atoms with E-state index in [2.05, 4.69) is 42.6 Å². The topological polar surface area (TPSA) is 12.0 Å². The quantitative estimate of drug-likeness (QED) is 0.755. The zero-order valence-electron chi connectivity index (χ0n) is 13.6. The molecule has 0 amide bonds. The van der Waals surface area contributed by atoms with Gasteiger partial charge >= 0.3 is 0 Å². The Kier molecular flexibility index (Phi) is 5.35. The maximum Gasteiger partial charge on any atom is 0.0294 e. The second-order valence-corrected chi connectivity index (χ2v) is 7.34. The third-order valence-corrected chi connectivity index (χ3v) is 5.78. The molecule has 0 radical (unpaired) electrons. The van der Waals surface area contributed by atoms with Gasteiger partial charge in [-0.3, -0.25) is 0 Å². The third kappa shape index (κ3) is 4.10. The van der Waals surface area contributed by atoms with E-state index in [0.29, 0.717) is 6.04 Å². The largest absolute Gasteiger partial charge is 0.307 e. The molecule has 3 atom stereocenters. The van der Waals surface area contributed by atoms with Crippen molar-refractivity contribution >= 4 is 0 Å². The smallest absolute Gasteiger partial charge is 0.0294 e. The molecule has 1 aromatic carbocycles. The molecule has 21 heavy (non-hydrogen) atoms. The fourth-order valence-corrected chi connectivity index (χ4v) is 4.55. The first kappa shape index (κ1) is 15.1. The van der Waals surface area contributed by atoms with E-state index in [-0.39, 0.29) is 0 Å². The molecule has 0 aliphatic heterocycles. The van der Waals surface area contributed by atoms with Crippen LogP contribution in [0.25, 0.3) is 0 Å². The lowest BCUT2D eigenvalue weighted by molar-refractivity contribution is 0.255. The lowest BCUT2D eigenvalue weighted by Crippen LogP contribution is -2.35. The van der Waals surface area contributed by atoms with Gasteiger partial charge in [0.1, 0.15) is 0 Å². The molecule has 3 rings (SSSR count). The van der Waals surface area contributed by atoms with Crippen molar-refractivity contribution in [2.45, 2.75) is 76.8 Å². The summed E-state index contributed by atoms with van der Waals surface area (Å²) in [6.07, 6.45) is 13.2. The summed E-state index contributed by atoms with van der Waals surface area (Å²) >= 11 is 0. The highest BCUT2D eigenvalue weighted by Gasteiger charge is 2.30. The van der Waals surface area contributed by atoms with Gasteiger partial charge in [0.05, 0.1) is 0 Å². The van der Waals surface area contributed by atoms with Gasteiger partial charge in [-0.2, -0.15) is 0 Å². The van der Waals surface area contributed by atoms with Crippen LogP contribution >= 0.6 is 0 Å². The number of benzene rings is 1. The van der Waals surface area contributed by atoms with Crippen molar-refractivity contribution in [3.63, 3.8) is 0 Å². The minimum Gasteiger partial charge on any atom is -0.307 e. The van der Waals surface area contributed by atoms with Crippen LogP contribution in [0.3, 0.4) is 0 Å². The van der Waals surface area contributed by atoms with Gasteiger partial charge in [-0.05, 0) is 43.6 Å². The number of hydrogen-bond acceptors (Lipinski definition) is 1. The molecule has 1 N–H and O–H groups in total. The van der Waals surface area contributed by atoms with Crippen LogP contribution in [0.4, 0.5) is 0 Å². The summed E-state index contributed by atoms with van der Waals surface area (Å²) in [6, 6.07) is 12.2. The fourth-order valence-electron chi connectivity index (χ4n) is 4.55. The summed E-state index contributed by atoms with van der Waals surface area (Å²) in [5, 5.41) is 3.93. The van der Waals surface area contributed by atoms with Gasteiger partial charge in [0.2, 0.25) is 0 Å². The Morgan fingerprint density at radius 2 is 1.71 bits per heavy atom. The van der Waals surface area contributed by atoms with E-state index in [4.69, 9.17) is 0 Å². The Morgan fingerprint density at radius 3 is 2.48 bits per heavy atom. The zero-order valence-corrected chi connectivity index (χ0v) is 13.6. The molecule has 0 heterocycles. The predicted octanol–water partition coefficient (Wildman–Crippen LogP) is 5.48. The molecular weight excluding hydrogens is 254 g/mol. The summed E-state index contributed by atoms with van der Waals surface area (Å²) in [4.78, 5) is 0. The molecule has 0 aromatic heterocycles. The molecule has 1 aromatic rings. The van der Waals surface area contributed by atoms with Crippen LogP contribution in [0.5, 0.6) is 0 Å². The highest BCUT2D eigenvalue weighted by Crippen LogP contribution is 2.37. The van der Waals surface area contributed by atoms with Gasteiger partial charge in [-0.15, -0.1) is 0 Å². The van der Waals surface area contributed by atoms with Gasteiger partial charge in [0, 0.05) is 12.1 Å². The normalized spacial score (nSPS) is 28.6. The van der Waals surface area contributed by atoms with Crippen LogP contribution < -0.4 is 5.32 Å². The Labute approximate surface area is 130 Å². The van der Waals surface area contributed by atoms with Crippen LogP contribution in [0, 0.1) is 11.8 Å². The van der Waals surface area contributed by atoms with Crippen LogP contribution in [0.1, 0.15) is 76.3 Å². The second-order valence-electron chi connectivity index (χ2n) is 7.34. The van der Waals surface area contributed by atoms with Crippen LogP contribution in [0.2, 0.25) is 0 Å². The van der Waals surface area contributed by atoms with Gasteiger partial charge < -0.3 is 5.32 Å². The van der Waals surface area contributed by atoms with Gasteiger partial charge in [-0.25, -0.2) is 0 Å². The minimum atomic E-state index is 0.489. The van der Waals surface area contributed by atoms with Crippen molar-refractivity contribution in [2.75, 3.05) is 0 Å². The summed E-state index contributed by atoms with van der Waals surface area (Å²) < 4.78 is 0. The first-order valence-electron chi connectivity index (χ1n) is 9.14. The van der Waals surface area contributed by atoms with E-state index in [1.807, 2.05) is 0 Å². The van der Waals surface area contributed by atoms with E-state index < -0.39 is 0 Å². The molecule has 1 unspecified atom stereocenters. The molecule has 0 bridgehead atoms.